The van der Waals surface area contributed by atoms with E-state index in [0.29, 0.717) is 0 Å². The van der Waals surface area contributed by atoms with Gasteiger partial charge in [-0.2, -0.15) is 11.8 Å². The molecule has 0 radical (unpaired) electrons. The highest BCUT2D eigenvalue weighted by molar-refractivity contribution is 9.10. The van der Waals surface area contributed by atoms with Crippen LogP contribution in [0.1, 0.15) is 16.8 Å². The second-order valence-corrected chi connectivity index (χ2v) is 5.86. The van der Waals surface area contributed by atoms with Crippen LogP contribution < -0.4 is 4.90 Å². The van der Waals surface area contributed by atoms with Crippen molar-refractivity contribution < 1.29 is 4.79 Å². The van der Waals surface area contributed by atoms with E-state index in [-0.39, 0.29) is 0 Å². The summed E-state index contributed by atoms with van der Waals surface area (Å²) in [6.07, 6.45) is 2.11. The van der Waals surface area contributed by atoms with E-state index in [1.807, 2.05) is 30.0 Å². The van der Waals surface area contributed by atoms with Crippen molar-refractivity contribution in [2.24, 2.45) is 0 Å². The van der Waals surface area contributed by atoms with Crippen LogP contribution in [-0.2, 0) is 0 Å². The van der Waals surface area contributed by atoms with E-state index in [0.717, 1.165) is 29.4 Å². The summed E-state index contributed by atoms with van der Waals surface area (Å²) < 4.78 is 1.02. The number of anilines is 1. The first-order valence-electron chi connectivity index (χ1n) is 5.38. The second-order valence-electron chi connectivity index (χ2n) is 3.78. The van der Waals surface area contributed by atoms with Crippen LogP contribution in [0.15, 0.2) is 22.7 Å². The summed E-state index contributed by atoms with van der Waals surface area (Å²) in [5.41, 5.74) is 1.92. The maximum atomic E-state index is 10.7. The third-order valence-electron chi connectivity index (χ3n) is 2.67. The van der Waals surface area contributed by atoms with E-state index in [1.165, 1.54) is 23.6 Å². The molecular formula is C12H14BrNOS. The average molecular weight is 300 g/mol. The largest absolute Gasteiger partial charge is 0.370 e. The lowest BCUT2D eigenvalue weighted by molar-refractivity contribution is 0.112. The van der Waals surface area contributed by atoms with Crippen molar-refractivity contribution in [1.29, 1.82) is 0 Å². The van der Waals surface area contributed by atoms with Gasteiger partial charge >= 0.3 is 0 Å². The smallest absolute Gasteiger partial charge is 0.150 e. The molecule has 0 N–H and O–H groups in total. The SMILES string of the molecule is O=Cc1ccc(N2CCCSCC2)c(Br)c1. The fourth-order valence-corrected chi connectivity index (χ4v) is 3.37. The minimum atomic E-state index is 0.722. The van der Waals surface area contributed by atoms with Gasteiger partial charge in [-0.15, -0.1) is 0 Å². The van der Waals surface area contributed by atoms with Gasteiger partial charge < -0.3 is 4.90 Å². The highest BCUT2D eigenvalue weighted by Gasteiger charge is 2.12. The Morgan fingerprint density at radius 3 is 2.94 bits per heavy atom. The quantitative estimate of drug-likeness (QED) is 0.782. The van der Waals surface area contributed by atoms with Crippen LogP contribution in [0.2, 0.25) is 0 Å². The molecule has 0 saturated carbocycles. The first kappa shape index (κ1) is 12.0. The molecule has 1 fully saturated rings. The number of halogens is 1. The van der Waals surface area contributed by atoms with E-state index in [1.54, 1.807) is 0 Å². The predicted octanol–water partition coefficient (Wildman–Crippen LogP) is 3.20. The Bertz CT molecular complexity index is 375. The third-order valence-corrected chi connectivity index (χ3v) is 4.35. The molecule has 86 valence electrons. The summed E-state index contributed by atoms with van der Waals surface area (Å²) >= 11 is 5.56. The van der Waals surface area contributed by atoms with Crippen LogP contribution in [0.5, 0.6) is 0 Å². The molecular weight excluding hydrogens is 286 g/mol. The maximum Gasteiger partial charge on any atom is 0.150 e. The van der Waals surface area contributed by atoms with Crippen LogP contribution >= 0.6 is 27.7 Å². The fraction of sp³-hybridized carbons (Fsp3) is 0.417. The molecule has 1 aliphatic rings. The Kier molecular flexibility index (Phi) is 4.29. The summed E-state index contributed by atoms with van der Waals surface area (Å²) in [6, 6.07) is 5.80. The Labute approximate surface area is 109 Å². The summed E-state index contributed by atoms with van der Waals surface area (Å²) in [4.78, 5) is 13.1. The molecule has 1 heterocycles. The Balaban J connectivity index is 2.21. The molecule has 0 aromatic heterocycles. The zero-order valence-corrected chi connectivity index (χ0v) is 11.4. The van der Waals surface area contributed by atoms with Gasteiger partial charge in [0.05, 0.1) is 5.69 Å². The molecule has 1 aromatic carbocycles. The molecule has 1 aromatic rings. The highest BCUT2D eigenvalue weighted by atomic mass is 79.9. The van der Waals surface area contributed by atoms with Gasteiger partial charge in [-0.3, -0.25) is 4.79 Å². The van der Waals surface area contributed by atoms with E-state index in [2.05, 4.69) is 20.8 Å². The number of carbonyl (C=O) groups excluding carboxylic acids is 1. The molecule has 0 aliphatic carbocycles. The molecule has 2 rings (SSSR count). The lowest BCUT2D eigenvalue weighted by atomic mass is 10.2. The standard InChI is InChI=1S/C12H14BrNOS/c13-11-8-10(9-15)2-3-12(11)14-4-1-6-16-7-5-14/h2-3,8-9H,1,4-7H2. The number of hydrogen-bond donors (Lipinski definition) is 0. The Morgan fingerprint density at radius 1 is 1.31 bits per heavy atom. The first-order chi connectivity index (χ1) is 7.81. The molecule has 0 atom stereocenters. The number of carbonyl (C=O) groups is 1. The normalized spacial score (nSPS) is 16.9. The lowest BCUT2D eigenvalue weighted by Gasteiger charge is -2.23. The number of nitrogens with zero attached hydrogens (tertiary/aromatic N) is 1. The molecule has 1 aliphatic heterocycles. The summed E-state index contributed by atoms with van der Waals surface area (Å²) in [5, 5.41) is 0. The number of benzene rings is 1. The van der Waals surface area contributed by atoms with Gasteiger partial charge in [-0.1, -0.05) is 0 Å². The molecule has 4 heteroatoms. The zero-order chi connectivity index (χ0) is 11.4. The third kappa shape index (κ3) is 2.80. The van der Waals surface area contributed by atoms with Crippen LogP contribution in [0.25, 0.3) is 0 Å². The van der Waals surface area contributed by atoms with E-state index < -0.39 is 0 Å². The van der Waals surface area contributed by atoms with Gasteiger partial charge in [0.15, 0.2) is 0 Å². The Morgan fingerprint density at radius 2 is 2.19 bits per heavy atom. The zero-order valence-electron chi connectivity index (χ0n) is 8.99. The molecule has 0 spiro atoms. The molecule has 2 nitrogen and oxygen atoms in total. The van der Waals surface area contributed by atoms with Gasteiger partial charge in [0.25, 0.3) is 0 Å². The van der Waals surface area contributed by atoms with Gasteiger partial charge in [0.2, 0.25) is 0 Å². The highest BCUT2D eigenvalue weighted by Crippen LogP contribution is 2.28. The molecule has 0 bridgehead atoms. The van der Waals surface area contributed by atoms with Crippen molar-refractivity contribution in [2.45, 2.75) is 6.42 Å². The maximum absolute atomic E-state index is 10.7. The van der Waals surface area contributed by atoms with Gasteiger partial charge in [-0.05, 0) is 46.3 Å². The number of thioether (sulfide) groups is 1. The minimum Gasteiger partial charge on any atom is -0.370 e. The van der Waals surface area contributed by atoms with Crippen LogP contribution in [0, 0.1) is 0 Å². The van der Waals surface area contributed by atoms with Crippen molar-refractivity contribution in [3.63, 3.8) is 0 Å². The van der Waals surface area contributed by atoms with E-state index >= 15 is 0 Å². The average Bonchev–Trinajstić information content (AvgIpc) is 2.57. The minimum absolute atomic E-state index is 0.722. The van der Waals surface area contributed by atoms with E-state index in [9.17, 15) is 4.79 Å². The summed E-state index contributed by atoms with van der Waals surface area (Å²) in [5.74, 6) is 2.43. The van der Waals surface area contributed by atoms with Crippen molar-refractivity contribution in [2.75, 3.05) is 29.5 Å². The lowest BCUT2D eigenvalue weighted by Crippen LogP contribution is -2.25. The van der Waals surface area contributed by atoms with Crippen molar-refractivity contribution >= 4 is 39.7 Å². The van der Waals surface area contributed by atoms with Crippen molar-refractivity contribution in [3.8, 4) is 0 Å². The Hall–Kier alpha value is -0.480. The van der Waals surface area contributed by atoms with Crippen LogP contribution in [-0.4, -0.2) is 30.9 Å². The molecule has 0 unspecified atom stereocenters. The number of rotatable bonds is 2. The number of hydrogen-bond acceptors (Lipinski definition) is 3. The van der Waals surface area contributed by atoms with E-state index in [4.69, 9.17) is 0 Å². The van der Waals surface area contributed by atoms with Gasteiger partial charge in [0.1, 0.15) is 6.29 Å². The number of aldehydes is 1. The second kappa shape index (κ2) is 5.73. The van der Waals surface area contributed by atoms with Crippen molar-refractivity contribution in [1.82, 2.24) is 0 Å². The summed E-state index contributed by atoms with van der Waals surface area (Å²) in [7, 11) is 0. The first-order valence-corrected chi connectivity index (χ1v) is 7.33. The molecule has 16 heavy (non-hydrogen) atoms. The summed E-state index contributed by atoms with van der Waals surface area (Å²) in [6.45, 7) is 2.19. The van der Waals surface area contributed by atoms with Crippen LogP contribution in [0.4, 0.5) is 5.69 Å². The van der Waals surface area contributed by atoms with Crippen LogP contribution in [0.3, 0.4) is 0 Å². The van der Waals surface area contributed by atoms with Gasteiger partial charge in [-0.25, -0.2) is 0 Å². The topological polar surface area (TPSA) is 20.3 Å². The van der Waals surface area contributed by atoms with Gasteiger partial charge in [0, 0.05) is 28.9 Å². The fourth-order valence-electron chi connectivity index (χ4n) is 1.84. The van der Waals surface area contributed by atoms with Crippen molar-refractivity contribution in [3.05, 3.63) is 28.2 Å². The molecule has 1 saturated heterocycles. The predicted molar refractivity (Wildman–Crippen MR) is 73.7 cm³/mol. The molecule has 0 amide bonds. The monoisotopic (exact) mass is 299 g/mol.